The Bertz CT molecular complexity index is 834. The third kappa shape index (κ3) is 4.85. The quantitative estimate of drug-likeness (QED) is 0.717. The summed E-state index contributed by atoms with van der Waals surface area (Å²) in [6.07, 6.45) is 4.08. The highest BCUT2D eigenvalue weighted by atomic mass is 16.5. The van der Waals surface area contributed by atoms with Crippen LogP contribution in [0.4, 0.5) is 5.95 Å². The molecule has 0 radical (unpaired) electrons. The fraction of sp³-hybridized carbons (Fsp3) is 0.500. The molecule has 0 unspecified atom stereocenters. The lowest BCUT2D eigenvalue weighted by atomic mass is 10.1. The number of benzene rings is 1. The van der Waals surface area contributed by atoms with E-state index in [9.17, 15) is 4.79 Å². The van der Waals surface area contributed by atoms with Crippen LogP contribution in [0.5, 0.6) is 5.75 Å². The third-order valence-corrected chi connectivity index (χ3v) is 5.31. The first-order chi connectivity index (χ1) is 14.2. The highest BCUT2D eigenvalue weighted by Gasteiger charge is 2.26. The van der Waals surface area contributed by atoms with Crippen LogP contribution in [0.25, 0.3) is 0 Å². The van der Waals surface area contributed by atoms with Crippen LogP contribution in [0.15, 0.2) is 30.5 Å². The Morgan fingerprint density at radius 1 is 1.17 bits per heavy atom. The van der Waals surface area contributed by atoms with Gasteiger partial charge in [-0.15, -0.1) is 0 Å². The van der Waals surface area contributed by atoms with E-state index in [0.717, 1.165) is 61.1 Å². The molecule has 2 aromatic rings. The first-order valence-electron chi connectivity index (χ1n) is 10.4. The summed E-state index contributed by atoms with van der Waals surface area (Å²) in [5.74, 6) is 1.78. The number of carbonyl (C=O) groups excluding carboxylic acids is 1. The largest absolute Gasteiger partial charge is 0.494 e. The molecule has 1 aromatic carbocycles. The molecule has 1 fully saturated rings. The minimum absolute atomic E-state index is 0.155. The van der Waals surface area contributed by atoms with Crippen LogP contribution in [0.2, 0.25) is 0 Å². The number of morpholine rings is 1. The van der Waals surface area contributed by atoms with E-state index in [1.807, 2.05) is 35.4 Å². The molecule has 4 rings (SSSR count). The number of hydrogen-bond donors (Lipinski definition) is 0. The van der Waals surface area contributed by atoms with Crippen LogP contribution in [-0.2, 0) is 29.0 Å². The number of fused-ring (bicyclic) bond motifs is 1. The van der Waals surface area contributed by atoms with E-state index in [1.54, 1.807) is 0 Å². The zero-order chi connectivity index (χ0) is 20.1. The van der Waals surface area contributed by atoms with Gasteiger partial charge in [0, 0.05) is 37.8 Å². The highest BCUT2D eigenvalue weighted by Crippen LogP contribution is 2.24. The van der Waals surface area contributed by atoms with Crippen molar-refractivity contribution in [1.82, 2.24) is 14.9 Å². The fourth-order valence-electron chi connectivity index (χ4n) is 3.62. The number of ether oxygens (including phenoxy) is 2. The molecule has 7 heteroatoms. The summed E-state index contributed by atoms with van der Waals surface area (Å²) < 4.78 is 11.0. The monoisotopic (exact) mass is 396 g/mol. The molecular weight excluding hydrogens is 368 g/mol. The number of aromatic nitrogens is 2. The summed E-state index contributed by atoms with van der Waals surface area (Å²) in [6, 6.07) is 8.03. The van der Waals surface area contributed by atoms with E-state index < -0.39 is 0 Å². The van der Waals surface area contributed by atoms with Crippen molar-refractivity contribution in [1.29, 1.82) is 0 Å². The Balaban J connectivity index is 1.30. The molecule has 1 amide bonds. The molecule has 0 N–H and O–H groups in total. The minimum atomic E-state index is 0.155. The van der Waals surface area contributed by atoms with Crippen LogP contribution in [0.1, 0.15) is 36.6 Å². The summed E-state index contributed by atoms with van der Waals surface area (Å²) in [5, 5.41) is 0. The molecule has 3 heterocycles. The van der Waals surface area contributed by atoms with Crippen molar-refractivity contribution in [3.05, 3.63) is 47.3 Å². The van der Waals surface area contributed by atoms with Gasteiger partial charge in [-0.3, -0.25) is 4.79 Å². The number of aryl methyl sites for hydroxylation is 1. The minimum Gasteiger partial charge on any atom is -0.494 e. The Labute approximate surface area is 171 Å². The Morgan fingerprint density at radius 3 is 2.72 bits per heavy atom. The average molecular weight is 396 g/mol. The number of carbonyl (C=O) groups is 1. The van der Waals surface area contributed by atoms with Gasteiger partial charge >= 0.3 is 0 Å². The molecule has 1 aromatic heterocycles. The van der Waals surface area contributed by atoms with Gasteiger partial charge in [0.25, 0.3) is 0 Å². The van der Waals surface area contributed by atoms with Crippen LogP contribution in [0.3, 0.4) is 0 Å². The number of anilines is 1. The van der Waals surface area contributed by atoms with Gasteiger partial charge in [0.1, 0.15) is 5.75 Å². The topological polar surface area (TPSA) is 67.8 Å². The number of amides is 1. The van der Waals surface area contributed by atoms with Crippen molar-refractivity contribution in [2.75, 3.05) is 37.8 Å². The van der Waals surface area contributed by atoms with Crippen molar-refractivity contribution >= 4 is 11.9 Å². The van der Waals surface area contributed by atoms with E-state index in [0.29, 0.717) is 32.7 Å². The molecule has 0 saturated carbocycles. The average Bonchev–Trinajstić information content (AvgIpc) is 3.21. The predicted octanol–water partition coefficient (Wildman–Crippen LogP) is 2.58. The lowest BCUT2D eigenvalue weighted by molar-refractivity contribution is -0.131. The third-order valence-electron chi connectivity index (χ3n) is 5.31. The second kappa shape index (κ2) is 9.22. The summed E-state index contributed by atoms with van der Waals surface area (Å²) in [7, 11) is 0. The molecule has 2 aliphatic heterocycles. The van der Waals surface area contributed by atoms with Gasteiger partial charge in [-0.1, -0.05) is 19.1 Å². The van der Waals surface area contributed by atoms with Gasteiger partial charge in [-0.2, -0.15) is 0 Å². The van der Waals surface area contributed by atoms with Crippen LogP contribution >= 0.6 is 0 Å². The maximum Gasteiger partial charge on any atom is 0.225 e. The molecule has 0 spiro atoms. The highest BCUT2D eigenvalue weighted by molar-refractivity contribution is 5.77. The van der Waals surface area contributed by atoms with Gasteiger partial charge in [-0.05, 0) is 30.5 Å². The molecular formula is C22H28N4O3. The normalized spacial score (nSPS) is 16.0. The zero-order valence-corrected chi connectivity index (χ0v) is 17.0. The van der Waals surface area contributed by atoms with E-state index in [1.165, 1.54) is 0 Å². The summed E-state index contributed by atoms with van der Waals surface area (Å²) in [5.41, 5.74) is 3.16. The second-order valence-corrected chi connectivity index (χ2v) is 7.48. The molecule has 29 heavy (non-hydrogen) atoms. The summed E-state index contributed by atoms with van der Waals surface area (Å²) in [4.78, 5) is 25.9. The Kier molecular flexibility index (Phi) is 6.24. The maximum atomic E-state index is 12.7. The first kappa shape index (κ1) is 19.6. The Morgan fingerprint density at radius 2 is 1.97 bits per heavy atom. The summed E-state index contributed by atoms with van der Waals surface area (Å²) >= 11 is 0. The van der Waals surface area contributed by atoms with E-state index in [4.69, 9.17) is 14.5 Å². The molecule has 7 nitrogen and oxygen atoms in total. The second-order valence-electron chi connectivity index (χ2n) is 7.48. The lowest BCUT2D eigenvalue weighted by Crippen LogP contribution is -2.37. The lowest BCUT2D eigenvalue weighted by Gasteiger charge is -2.26. The van der Waals surface area contributed by atoms with Crippen molar-refractivity contribution in [3.8, 4) is 5.75 Å². The molecule has 2 aliphatic rings. The molecule has 0 atom stereocenters. The van der Waals surface area contributed by atoms with Crippen molar-refractivity contribution in [2.45, 2.75) is 39.3 Å². The van der Waals surface area contributed by atoms with E-state index in [-0.39, 0.29) is 5.91 Å². The van der Waals surface area contributed by atoms with Crippen LogP contribution in [-0.4, -0.2) is 53.7 Å². The maximum absolute atomic E-state index is 12.7. The van der Waals surface area contributed by atoms with E-state index >= 15 is 0 Å². The molecule has 0 aliphatic carbocycles. The zero-order valence-electron chi connectivity index (χ0n) is 17.0. The fourth-order valence-corrected chi connectivity index (χ4v) is 3.62. The van der Waals surface area contributed by atoms with Gasteiger partial charge in [-0.25, -0.2) is 9.97 Å². The SMILES string of the molecule is CCCOc1ccc(CCC(=O)N2Cc3cnc(N4CCOCC4)nc3C2)cc1. The van der Waals surface area contributed by atoms with Gasteiger partial charge in [0.05, 0.1) is 32.1 Å². The predicted molar refractivity (Wildman–Crippen MR) is 110 cm³/mol. The Hall–Kier alpha value is -2.67. The van der Waals surface area contributed by atoms with Gasteiger partial charge < -0.3 is 19.3 Å². The summed E-state index contributed by atoms with van der Waals surface area (Å²) in [6.45, 7) is 7.01. The van der Waals surface area contributed by atoms with Crippen LogP contribution in [0, 0.1) is 0 Å². The van der Waals surface area contributed by atoms with Gasteiger partial charge in [0.15, 0.2) is 0 Å². The number of rotatable bonds is 7. The van der Waals surface area contributed by atoms with Crippen molar-refractivity contribution in [2.24, 2.45) is 0 Å². The molecule has 1 saturated heterocycles. The van der Waals surface area contributed by atoms with Crippen molar-refractivity contribution < 1.29 is 14.3 Å². The smallest absolute Gasteiger partial charge is 0.225 e. The standard InChI is InChI=1S/C22H28N4O3/c1-2-11-29-19-6-3-17(4-7-19)5-8-21(27)26-15-18-14-23-22(24-20(18)16-26)25-9-12-28-13-10-25/h3-4,6-7,14H,2,5,8-13,15-16H2,1H3. The number of hydrogen-bond acceptors (Lipinski definition) is 6. The van der Waals surface area contributed by atoms with Crippen LogP contribution < -0.4 is 9.64 Å². The first-order valence-corrected chi connectivity index (χ1v) is 10.4. The van der Waals surface area contributed by atoms with Crippen molar-refractivity contribution in [3.63, 3.8) is 0 Å². The van der Waals surface area contributed by atoms with E-state index in [2.05, 4.69) is 16.8 Å². The molecule has 0 bridgehead atoms. The number of nitrogens with zero attached hydrogens (tertiary/aromatic N) is 4. The molecule has 154 valence electrons. The van der Waals surface area contributed by atoms with Gasteiger partial charge in [0.2, 0.25) is 11.9 Å².